The number of benzene rings is 1. The highest BCUT2D eigenvalue weighted by Gasteiger charge is 2.11. The largest absolute Gasteiger partial charge is 0.497 e. The van der Waals surface area contributed by atoms with Gasteiger partial charge in [0, 0.05) is 24.7 Å². The number of carbonyl (C=O) groups excluding carboxylic acids is 2. The van der Waals surface area contributed by atoms with E-state index in [0.717, 1.165) is 0 Å². The number of hydrogen-bond acceptors (Lipinski definition) is 6. The Morgan fingerprint density at radius 3 is 2.81 bits per heavy atom. The number of thiophene rings is 1. The summed E-state index contributed by atoms with van der Waals surface area (Å²) in [6, 6.07) is 10.8. The fourth-order valence-corrected chi connectivity index (χ4v) is 2.95. The van der Waals surface area contributed by atoms with E-state index in [9.17, 15) is 9.59 Å². The maximum Gasteiger partial charge on any atom is 0.238 e. The zero-order valence-electron chi connectivity index (χ0n) is 14.6. The molecule has 2 aromatic rings. The number of nitriles is 1. The summed E-state index contributed by atoms with van der Waals surface area (Å²) >= 11 is 1.31. The van der Waals surface area contributed by atoms with Gasteiger partial charge in [0.1, 0.15) is 16.8 Å². The number of carbonyl (C=O) groups is 2. The van der Waals surface area contributed by atoms with Crippen molar-refractivity contribution in [2.45, 2.75) is 6.42 Å². The van der Waals surface area contributed by atoms with Crippen LogP contribution in [0.15, 0.2) is 35.7 Å². The highest BCUT2D eigenvalue weighted by Crippen LogP contribution is 2.22. The number of amides is 2. The molecule has 2 N–H and O–H groups in total. The highest BCUT2D eigenvalue weighted by atomic mass is 32.1. The molecule has 2 amide bonds. The number of anilines is 2. The number of rotatable bonds is 8. The van der Waals surface area contributed by atoms with E-state index in [-0.39, 0.29) is 24.8 Å². The van der Waals surface area contributed by atoms with Crippen molar-refractivity contribution in [1.29, 1.82) is 5.26 Å². The smallest absolute Gasteiger partial charge is 0.238 e. The van der Waals surface area contributed by atoms with E-state index in [4.69, 9.17) is 10.00 Å². The second kappa shape index (κ2) is 9.56. The molecule has 8 heteroatoms. The molecule has 0 spiro atoms. The van der Waals surface area contributed by atoms with Gasteiger partial charge in [0.2, 0.25) is 11.8 Å². The van der Waals surface area contributed by atoms with E-state index in [1.165, 1.54) is 11.3 Å². The maximum absolute atomic E-state index is 12.1. The predicted octanol–water partition coefficient (Wildman–Crippen LogP) is 2.53. The van der Waals surface area contributed by atoms with Crippen LogP contribution < -0.4 is 15.4 Å². The van der Waals surface area contributed by atoms with Gasteiger partial charge >= 0.3 is 0 Å². The lowest BCUT2D eigenvalue weighted by atomic mass is 10.3. The first kappa shape index (κ1) is 19.4. The average molecular weight is 372 g/mol. The van der Waals surface area contributed by atoms with E-state index in [1.54, 1.807) is 54.8 Å². The summed E-state index contributed by atoms with van der Waals surface area (Å²) < 4.78 is 5.12. The van der Waals surface area contributed by atoms with Crippen molar-refractivity contribution in [2.24, 2.45) is 0 Å². The lowest BCUT2D eigenvalue weighted by Crippen LogP contribution is -2.32. The molecule has 0 aliphatic heterocycles. The number of methoxy groups -OCH3 is 1. The molecule has 0 saturated heterocycles. The SMILES string of the molecule is COc1cccc(NC(=O)CN(C)CCC(=O)Nc2sccc2C#N)c1. The summed E-state index contributed by atoms with van der Waals surface area (Å²) in [5.74, 6) is 0.299. The molecule has 0 aliphatic carbocycles. The molecule has 0 bridgehead atoms. The summed E-state index contributed by atoms with van der Waals surface area (Å²) in [7, 11) is 3.33. The quantitative estimate of drug-likeness (QED) is 0.742. The van der Waals surface area contributed by atoms with Gasteiger partial charge in [-0.25, -0.2) is 0 Å². The van der Waals surface area contributed by atoms with Crippen molar-refractivity contribution in [2.75, 3.05) is 37.9 Å². The molecule has 0 aliphatic rings. The summed E-state index contributed by atoms with van der Waals surface area (Å²) in [5.41, 5.74) is 1.11. The van der Waals surface area contributed by atoms with E-state index in [2.05, 4.69) is 10.6 Å². The minimum Gasteiger partial charge on any atom is -0.497 e. The molecule has 1 aromatic carbocycles. The Hall–Kier alpha value is -2.89. The third-order valence-corrected chi connectivity index (χ3v) is 4.36. The lowest BCUT2D eigenvalue weighted by molar-refractivity contribution is -0.119. The monoisotopic (exact) mass is 372 g/mol. The second-order valence-corrected chi connectivity index (χ2v) is 6.51. The van der Waals surface area contributed by atoms with Crippen molar-refractivity contribution < 1.29 is 14.3 Å². The average Bonchev–Trinajstić information content (AvgIpc) is 3.07. The molecule has 0 unspecified atom stereocenters. The van der Waals surface area contributed by atoms with Gasteiger partial charge in [-0.1, -0.05) is 6.07 Å². The zero-order chi connectivity index (χ0) is 18.9. The van der Waals surface area contributed by atoms with Gasteiger partial charge in [-0.15, -0.1) is 11.3 Å². The molecule has 7 nitrogen and oxygen atoms in total. The van der Waals surface area contributed by atoms with Crippen LogP contribution in [0.1, 0.15) is 12.0 Å². The van der Waals surface area contributed by atoms with E-state index in [1.807, 2.05) is 6.07 Å². The predicted molar refractivity (Wildman–Crippen MR) is 101 cm³/mol. The van der Waals surface area contributed by atoms with Crippen LogP contribution in [0.4, 0.5) is 10.7 Å². The minimum absolute atomic E-state index is 0.160. The standard InChI is InChI=1S/C18H20N4O3S/c1-22(8-6-16(23)21-18-13(11-19)7-9-26-18)12-17(24)20-14-4-3-5-15(10-14)25-2/h3-5,7,9-10H,6,8,12H2,1-2H3,(H,20,24)(H,21,23). The summed E-state index contributed by atoms with van der Waals surface area (Å²) in [4.78, 5) is 25.8. The first-order chi connectivity index (χ1) is 12.5. The second-order valence-electron chi connectivity index (χ2n) is 5.59. The van der Waals surface area contributed by atoms with Crippen LogP contribution in [0, 0.1) is 11.3 Å². The lowest BCUT2D eigenvalue weighted by Gasteiger charge is -2.16. The Morgan fingerprint density at radius 1 is 1.27 bits per heavy atom. The van der Waals surface area contributed by atoms with Gasteiger partial charge in [0.05, 0.1) is 19.2 Å². The van der Waals surface area contributed by atoms with Gasteiger partial charge < -0.3 is 15.4 Å². The third kappa shape index (κ3) is 5.88. The molecule has 2 rings (SSSR count). The van der Waals surface area contributed by atoms with E-state index in [0.29, 0.717) is 28.5 Å². The van der Waals surface area contributed by atoms with Gasteiger partial charge in [-0.2, -0.15) is 5.26 Å². The Labute approximate surface area is 156 Å². The molecular weight excluding hydrogens is 352 g/mol. The van der Waals surface area contributed by atoms with Gasteiger partial charge in [-0.05, 0) is 30.6 Å². The topological polar surface area (TPSA) is 94.5 Å². The van der Waals surface area contributed by atoms with E-state index < -0.39 is 0 Å². The van der Waals surface area contributed by atoms with Gasteiger partial charge in [0.25, 0.3) is 0 Å². The van der Waals surface area contributed by atoms with Crippen molar-refractivity contribution in [3.63, 3.8) is 0 Å². The molecule has 0 saturated carbocycles. The number of ether oxygens (including phenoxy) is 1. The Bertz CT molecular complexity index is 813. The van der Waals surface area contributed by atoms with Gasteiger partial charge in [-0.3, -0.25) is 14.5 Å². The number of hydrogen-bond donors (Lipinski definition) is 2. The van der Waals surface area contributed by atoms with Crippen LogP contribution in [0.3, 0.4) is 0 Å². The van der Waals surface area contributed by atoms with Crippen molar-refractivity contribution in [3.8, 4) is 11.8 Å². The van der Waals surface area contributed by atoms with Crippen molar-refractivity contribution in [1.82, 2.24) is 4.90 Å². The fraction of sp³-hybridized carbons (Fsp3) is 0.278. The molecule has 0 atom stereocenters. The van der Waals surface area contributed by atoms with Gasteiger partial charge in [0.15, 0.2) is 0 Å². The molecule has 0 radical (unpaired) electrons. The zero-order valence-corrected chi connectivity index (χ0v) is 15.4. The van der Waals surface area contributed by atoms with Crippen molar-refractivity contribution >= 4 is 33.8 Å². The molecular formula is C18H20N4O3S. The molecule has 0 fully saturated rings. The highest BCUT2D eigenvalue weighted by molar-refractivity contribution is 7.14. The van der Waals surface area contributed by atoms with Crippen LogP contribution in [-0.4, -0.2) is 44.0 Å². The van der Waals surface area contributed by atoms with Crippen molar-refractivity contribution in [3.05, 3.63) is 41.3 Å². The first-order valence-electron chi connectivity index (χ1n) is 7.91. The first-order valence-corrected chi connectivity index (χ1v) is 8.79. The van der Waals surface area contributed by atoms with Crippen LogP contribution in [-0.2, 0) is 9.59 Å². The Kier molecular flexibility index (Phi) is 7.14. The van der Waals surface area contributed by atoms with Crippen LogP contribution in [0.5, 0.6) is 5.75 Å². The van der Waals surface area contributed by atoms with Crippen LogP contribution >= 0.6 is 11.3 Å². The normalized spacial score (nSPS) is 10.2. The molecule has 136 valence electrons. The van der Waals surface area contributed by atoms with Crippen LogP contribution in [0.2, 0.25) is 0 Å². The summed E-state index contributed by atoms with van der Waals surface area (Å²) in [5, 5.41) is 16.8. The van der Waals surface area contributed by atoms with Crippen LogP contribution in [0.25, 0.3) is 0 Å². The molecule has 1 heterocycles. The third-order valence-electron chi connectivity index (χ3n) is 3.53. The number of nitrogens with zero attached hydrogens (tertiary/aromatic N) is 2. The number of likely N-dealkylation sites (N-methyl/N-ethyl adjacent to an activating group) is 1. The summed E-state index contributed by atoms with van der Waals surface area (Å²) in [6.07, 6.45) is 0.228. The molecule has 1 aromatic heterocycles. The summed E-state index contributed by atoms with van der Waals surface area (Å²) in [6.45, 7) is 0.581. The fourth-order valence-electron chi connectivity index (χ4n) is 2.20. The molecule has 26 heavy (non-hydrogen) atoms. The minimum atomic E-state index is -0.191. The Balaban J connectivity index is 1.75. The van der Waals surface area contributed by atoms with E-state index >= 15 is 0 Å². The number of nitrogens with one attached hydrogen (secondary N) is 2. The Morgan fingerprint density at radius 2 is 2.08 bits per heavy atom. The maximum atomic E-state index is 12.1.